The van der Waals surface area contributed by atoms with Gasteiger partial charge in [-0.1, -0.05) is 18.2 Å². The van der Waals surface area contributed by atoms with E-state index in [1.54, 1.807) is 51.1 Å². The van der Waals surface area contributed by atoms with Crippen molar-refractivity contribution in [3.05, 3.63) is 53.1 Å². The normalized spacial score (nSPS) is 25.6. The fourth-order valence-electron chi connectivity index (χ4n) is 3.60. The molecule has 0 radical (unpaired) electrons. The van der Waals surface area contributed by atoms with Crippen LogP contribution in [0.1, 0.15) is 33.9 Å². The second-order valence-corrected chi connectivity index (χ2v) is 11.8. The zero-order valence-electron chi connectivity index (χ0n) is 21.4. The Balaban J connectivity index is 1.88. The summed E-state index contributed by atoms with van der Waals surface area (Å²) in [6, 6.07) is 8.82. The van der Waals surface area contributed by atoms with Gasteiger partial charge in [0.1, 0.15) is 30.3 Å². The van der Waals surface area contributed by atoms with E-state index < -0.39 is 55.2 Å². The van der Waals surface area contributed by atoms with E-state index in [4.69, 9.17) is 40.8 Å². The Morgan fingerprint density at radius 2 is 2.03 bits per heavy atom. The van der Waals surface area contributed by atoms with Gasteiger partial charge >= 0.3 is 18.3 Å². The molecule has 38 heavy (non-hydrogen) atoms. The van der Waals surface area contributed by atoms with Gasteiger partial charge in [0.25, 0.3) is 0 Å². The number of halogens is 1. The Bertz CT molecular complexity index is 1210. The number of aromatic nitrogens is 2. The van der Waals surface area contributed by atoms with Crippen LogP contribution in [0, 0.1) is 0 Å². The largest absolute Gasteiger partial charge is 0.462 e. The third-order valence-electron chi connectivity index (χ3n) is 5.32. The number of nitrogens with one attached hydrogen (secondary N) is 1. The van der Waals surface area contributed by atoms with Crippen molar-refractivity contribution in [1.29, 1.82) is 0 Å². The van der Waals surface area contributed by atoms with Gasteiger partial charge < -0.3 is 34.1 Å². The van der Waals surface area contributed by atoms with E-state index >= 15 is 4.39 Å². The fraction of sp³-hybridized carbons (Fsp3) is 0.522. The van der Waals surface area contributed by atoms with E-state index in [9.17, 15) is 14.7 Å². The van der Waals surface area contributed by atoms with Gasteiger partial charge in [-0.15, -0.1) is 0 Å². The zero-order valence-corrected chi connectivity index (χ0v) is 23.1. The number of nitrogens with two attached hydrogens (primary N) is 1. The minimum absolute atomic E-state index is 0.0122. The van der Waals surface area contributed by atoms with Gasteiger partial charge in [-0.25, -0.2) is 14.3 Å². The average molecular weight is 575 g/mol. The SMILES string of the molecule is CCO[C@]1(COP(=S)(N[C@H](C)C(=O)OC(C)C)Oc2ccccc2)O[C@@H](n2ccc(N)nc2=O)[C@H](F)[C@@H]1O. The second-order valence-electron chi connectivity index (χ2n) is 8.70. The first-order chi connectivity index (χ1) is 17.9. The summed E-state index contributed by atoms with van der Waals surface area (Å²) >= 11 is 5.67. The predicted octanol–water partition coefficient (Wildman–Crippen LogP) is 2.04. The number of carbonyl (C=O) groups excluding carboxylic acids is 1. The molecule has 0 amide bonds. The third-order valence-corrected chi connectivity index (χ3v) is 7.80. The first-order valence-corrected chi connectivity index (χ1v) is 14.5. The summed E-state index contributed by atoms with van der Waals surface area (Å²) in [4.78, 5) is 28.3. The zero-order chi connectivity index (χ0) is 28.1. The molecule has 6 atom stereocenters. The summed E-state index contributed by atoms with van der Waals surface area (Å²) in [7, 11) is 0. The number of hydrogen-bond donors (Lipinski definition) is 3. The maximum atomic E-state index is 15.3. The number of para-hydroxylation sites is 1. The smallest absolute Gasteiger partial charge is 0.351 e. The Morgan fingerprint density at radius 3 is 2.63 bits per heavy atom. The van der Waals surface area contributed by atoms with Crippen LogP contribution >= 0.6 is 6.64 Å². The van der Waals surface area contributed by atoms with Crippen LogP contribution in [0.15, 0.2) is 47.4 Å². The van der Waals surface area contributed by atoms with Crippen LogP contribution in [0.25, 0.3) is 0 Å². The molecule has 12 nitrogen and oxygen atoms in total. The Morgan fingerprint density at radius 1 is 1.34 bits per heavy atom. The quantitative estimate of drug-likeness (QED) is 0.251. The van der Waals surface area contributed by atoms with Crippen molar-refractivity contribution in [2.45, 2.75) is 64.1 Å². The minimum atomic E-state index is -3.58. The van der Waals surface area contributed by atoms with E-state index in [0.717, 1.165) is 4.57 Å². The average Bonchev–Trinajstić information content (AvgIpc) is 3.09. The van der Waals surface area contributed by atoms with Crippen molar-refractivity contribution in [2.75, 3.05) is 18.9 Å². The molecule has 1 unspecified atom stereocenters. The van der Waals surface area contributed by atoms with Crippen LogP contribution in [0.4, 0.5) is 10.2 Å². The van der Waals surface area contributed by atoms with E-state index in [1.165, 1.54) is 19.2 Å². The molecule has 2 heterocycles. The van der Waals surface area contributed by atoms with Gasteiger partial charge in [-0.05, 0) is 57.7 Å². The molecular formula is C23H32FN4O8PS. The van der Waals surface area contributed by atoms with Crippen molar-refractivity contribution in [3.63, 3.8) is 0 Å². The van der Waals surface area contributed by atoms with Crippen LogP contribution in [0.2, 0.25) is 0 Å². The van der Waals surface area contributed by atoms with E-state index in [-0.39, 0.29) is 18.5 Å². The summed E-state index contributed by atoms with van der Waals surface area (Å²) in [6.45, 7) is 2.33. The Kier molecular flexibility index (Phi) is 9.98. The van der Waals surface area contributed by atoms with Gasteiger partial charge in [0, 0.05) is 12.8 Å². The first-order valence-electron chi connectivity index (χ1n) is 11.9. The summed E-state index contributed by atoms with van der Waals surface area (Å²) < 4.78 is 44.7. The number of aliphatic hydroxyl groups excluding tert-OH is 1. The predicted molar refractivity (Wildman–Crippen MR) is 139 cm³/mol. The van der Waals surface area contributed by atoms with Crippen LogP contribution in [0.3, 0.4) is 0 Å². The maximum absolute atomic E-state index is 15.3. The summed E-state index contributed by atoms with van der Waals surface area (Å²) in [5.74, 6) is -2.39. The van der Waals surface area contributed by atoms with Crippen molar-refractivity contribution in [2.24, 2.45) is 0 Å². The van der Waals surface area contributed by atoms with E-state index in [0.29, 0.717) is 5.75 Å². The molecule has 0 spiro atoms. The maximum Gasteiger partial charge on any atom is 0.351 e. The highest BCUT2D eigenvalue weighted by molar-refractivity contribution is 8.09. The number of benzene rings is 1. The van der Waals surface area contributed by atoms with E-state index in [2.05, 4.69) is 10.1 Å². The van der Waals surface area contributed by atoms with Crippen molar-refractivity contribution in [3.8, 4) is 5.75 Å². The lowest BCUT2D eigenvalue weighted by Gasteiger charge is -2.34. The standard InChI is InChI=1S/C23H32FN4O8PS/c1-5-32-23(19(29)18(24)20(35-23)28-12-11-17(25)26-22(28)31)13-33-37(38,36-16-9-7-6-8-10-16)27-15(4)21(30)34-14(2)3/h6-12,14-15,18-20,29H,5,13H2,1-4H3,(H,27,38)(H2,25,26,31)/t15-,18-,19+,20-,23-,37?/m1/s1. The van der Waals surface area contributed by atoms with Crippen LogP contribution < -0.4 is 21.0 Å². The highest BCUT2D eigenvalue weighted by Gasteiger charge is 2.58. The molecule has 4 N–H and O–H groups in total. The number of hydrogen-bond acceptors (Lipinski definition) is 11. The van der Waals surface area contributed by atoms with E-state index in [1.807, 2.05) is 0 Å². The number of nitrogens with zero attached hydrogens (tertiary/aromatic N) is 2. The van der Waals surface area contributed by atoms with Gasteiger partial charge in [-0.2, -0.15) is 4.98 Å². The Hall–Kier alpha value is -2.45. The Labute approximate surface area is 224 Å². The third kappa shape index (κ3) is 7.14. The minimum Gasteiger partial charge on any atom is -0.462 e. The topological polar surface area (TPSA) is 156 Å². The number of ether oxygens (including phenoxy) is 3. The lowest BCUT2D eigenvalue weighted by Crippen LogP contribution is -2.49. The lowest BCUT2D eigenvalue weighted by molar-refractivity contribution is -0.276. The monoisotopic (exact) mass is 574 g/mol. The number of esters is 1. The molecule has 1 aromatic carbocycles. The van der Waals surface area contributed by atoms with Gasteiger partial charge in [-0.3, -0.25) is 9.36 Å². The first kappa shape index (κ1) is 30.1. The number of anilines is 1. The molecule has 3 rings (SSSR count). The molecule has 2 aromatic rings. The molecule has 15 heteroatoms. The molecule has 1 fully saturated rings. The fourth-order valence-corrected chi connectivity index (χ4v) is 6.00. The lowest BCUT2D eigenvalue weighted by atomic mass is 10.1. The molecule has 1 saturated heterocycles. The number of rotatable bonds is 12. The number of alkyl halides is 1. The number of nitrogen functional groups attached to an aromatic ring is 1. The summed E-state index contributed by atoms with van der Waals surface area (Å²) in [6.07, 6.45) is -4.76. The molecule has 0 saturated carbocycles. The molecule has 0 bridgehead atoms. The van der Waals surface area contributed by atoms with Gasteiger partial charge in [0.05, 0.1) is 6.10 Å². The summed E-state index contributed by atoms with van der Waals surface area (Å²) in [5, 5.41) is 13.7. The second kappa shape index (κ2) is 12.6. The van der Waals surface area contributed by atoms with Crippen LogP contribution in [0.5, 0.6) is 5.75 Å². The molecule has 1 aromatic heterocycles. The van der Waals surface area contributed by atoms with Crippen molar-refractivity contribution < 1.29 is 37.5 Å². The number of aliphatic hydroxyl groups is 1. The molecular weight excluding hydrogens is 542 g/mol. The van der Waals surface area contributed by atoms with Crippen molar-refractivity contribution in [1.82, 2.24) is 14.6 Å². The van der Waals surface area contributed by atoms with Gasteiger partial charge in [0.15, 0.2) is 12.4 Å². The molecule has 1 aliphatic rings. The molecule has 0 aliphatic carbocycles. The molecule has 210 valence electrons. The van der Waals surface area contributed by atoms with Crippen LogP contribution in [-0.2, 0) is 35.3 Å². The highest BCUT2D eigenvalue weighted by atomic mass is 32.5. The van der Waals surface area contributed by atoms with Crippen molar-refractivity contribution >= 4 is 30.2 Å². The molecule has 1 aliphatic heterocycles. The van der Waals surface area contributed by atoms with Crippen LogP contribution in [-0.4, -0.2) is 64.0 Å². The van der Waals surface area contributed by atoms with Gasteiger partial charge in [0.2, 0.25) is 5.79 Å². The summed E-state index contributed by atoms with van der Waals surface area (Å²) in [5.41, 5.74) is 4.64. The highest BCUT2D eigenvalue weighted by Crippen LogP contribution is 2.48. The number of carbonyl (C=O) groups is 1.